The van der Waals surface area contributed by atoms with E-state index in [4.69, 9.17) is 10.5 Å². The highest BCUT2D eigenvalue weighted by Gasteiger charge is 2.18. The Morgan fingerprint density at radius 1 is 1.32 bits per heavy atom. The van der Waals surface area contributed by atoms with Gasteiger partial charge in [0.25, 0.3) is 0 Å². The molecule has 1 rings (SSSR count). The van der Waals surface area contributed by atoms with E-state index in [1.165, 1.54) is 12.1 Å². The second-order valence-electron chi connectivity index (χ2n) is 3.08. The van der Waals surface area contributed by atoms with Gasteiger partial charge in [-0.1, -0.05) is 0 Å². The average Bonchev–Trinajstić information content (AvgIpc) is 2.43. The third-order valence-corrected chi connectivity index (χ3v) is 1.99. The summed E-state index contributed by atoms with van der Waals surface area (Å²) in [7, 11) is 1.03. The second-order valence-corrected chi connectivity index (χ2v) is 3.08. The second kappa shape index (κ2) is 6.07. The molecule has 0 spiro atoms. The summed E-state index contributed by atoms with van der Waals surface area (Å²) in [6.45, 7) is 0. The molecule has 0 bridgehead atoms. The van der Waals surface area contributed by atoms with E-state index < -0.39 is 34.6 Å². The number of ether oxygens (including phenoxy) is 1. The van der Waals surface area contributed by atoms with Gasteiger partial charge in [-0.2, -0.15) is 15.6 Å². The van der Waals surface area contributed by atoms with Gasteiger partial charge in [0.1, 0.15) is 12.1 Å². The summed E-state index contributed by atoms with van der Waals surface area (Å²) in [5.74, 6) is -3.81. The zero-order chi connectivity index (χ0) is 14.4. The molecule has 0 unspecified atom stereocenters. The quantitative estimate of drug-likeness (QED) is 0.507. The van der Waals surface area contributed by atoms with Crippen LogP contribution in [0, 0.1) is 34.3 Å². The third-order valence-electron chi connectivity index (χ3n) is 1.99. The number of benzene rings is 1. The molecule has 0 aliphatic carbocycles. The maximum Gasteiger partial charge on any atom is 0.340 e. The summed E-state index contributed by atoms with van der Waals surface area (Å²) >= 11 is 0. The predicted molar refractivity (Wildman–Crippen MR) is 60.0 cm³/mol. The van der Waals surface area contributed by atoms with Crippen LogP contribution >= 0.6 is 0 Å². The molecule has 0 aliphatic heterocycles. The van der Waals surface area contributed by atoms with Crippen LogP contribution in [0.25, 0.3) is 0 Å². The summed E-state index contributed by atoms with van der Waals surface area (Å²) in [6, 6.07) is 4.88. The van der Waals surface area contributed by atoms with Gasteiger partial charge in [0.2, 0.25) is 5.71 Å². The fourth-order valence-electron chi connectivity index (χ4n) is 1.09. The molecule has 0 saturated heterocycles. The number of carbonyl (C=O) groups is 1. The van der Waals surface area contributed by atoms with Crippen molar-refractivity contribution in [1.82, 2.24) is 0 Å². The summed E-state index contributed by atoms with van der Waals surface area (Å²) in [5.41, 5.74) is 0.460. The molecule has 0 atom stereocenters. The number of hydrogen-bond acceptors (Lipinski definition) is 6. The van der Waals surface area contributed by atoms with Crippen molar-refractivity contribution in [1.29, 1.82) is 10.5 Å². The van der Waals surface area contributed by atoms with Gasteiger partial charge in [-0.3, -0.25) is 5.43 Å². The van der Waals surface area contributed by atoms with Crippen LogP contribution in [0.15, 0.2) is 17.2 Å². The number of anilines is 1. The number of carbonyl (C=O) groups excluding carboxylic acids is 1. The van der Waals surface area contributed by atoms with E-state index in [1.54, 1.807) is 0 Å². The highest BCUT2D eigenvalue weighted by molar-refractivity contribution is 6.10. The number of esters is 1. The lowest BCUT2D eigenvalue weighted by molar-refractivity contribution is 0.0594. The topological polar surface area (TPSA) is 98.3 Å². The van der Waals surface area contributed by atoms with Crippen LogP contribution in [0.1, 0.15) is 10.4 Å². The summed E-state index contributed by atoms with van der Waals surface area (Å²) < 4.78 is 31.3. The van der Waals surface area contributed by atoms with Crippen LogP contribution < -0.4 is 5.43 Å². The molecular weight excluding hydrogens is 258 g/mol. The highest BCUT2D eigenvalue weighted by atomic mass is 19.2. The number of nitriles is 2. The first-order valence-corrected chi connectivity index (χ1v) is 4.75. The van der Waals surface area contributed by atoms with E-state index in [1.807, 2.05) is 5.43 Å². The number of methoxy groups -OCH3 is 1. The van der Waals surface area contributed by atoms with Crippen LogP contribution in [-0.4, -0.2) is 18.8 Å². The Kier molecular flexibility index (Phi) is 4.50. The lowest BCUT2D eigenvalue weighted by Crippen LogP contribution is -2.08. The Morgan fingerprint density at radius 3 is 2.47 bits per heavy atom. The predicted octanol–water partition coefficient (Wildman–Crippen LogP) is 1.57. The van der Waals surface area contributed by atoms with Crippen LogP contribution in [0.5, 0.6) is 0 Å². The number of halogens is 2. The first kappa shape index (κ1) is 14.1. The number of hydrazone groups is 1. The molecule has 0 saturated carbocycles. The van der Waals surface area contributed by atoms with E-state index in [0.717, 1.165) is 19.2 Å². The van der Waals surface area contributed by atoms with Crippen molar-refractivity contribution >= 4 is 17.4 Å². The average molecular weight is 264 g/mol. The van der Waals surface area contributed by atoms with Crippen molar-refractivity contribution in [3.05, 3.63) is 29.3 Å². The van der Waals surface area contributed by atoms with Gasteiger partial charge in [0, 0.05) is 0 Å². The zero-order valence-electron chi connectivity index (χ0n) is 9.57. The molecule has 8 heteroatoms. The highest BCUT2D eigenvalue weighted by Crippen LogP contribution is 2.21. The van der Waals surface area contributed by atoms with Gasteiger partial charge >= 0.3 is 5.97 Å². The molecule has 19 heavy (non-hydrogen) atoms. The Labute approximate surface area is 106 Å². The molecular formula is C11H6F2N4O2. The lowest BCUT2D eigenvalue weighted by atomic mass is 10.2. The number of nitrogens with one attached hydrogen (secondary N) is 1. The summed E-state index contributed by atoms with van der Waals surface area (Å²) in [6.07, 6.45) is 0. The third kappa shape index (κ3) is 3.01. The number of hydrogen-bond donors (Lipinski definition) is 1. The van der Waals surface area contributed by atoms with Crippen molar-refractivity contribution in [2.75, 3.05) is 12.5 Å². The van der Waals surface area contributed by atoms with Gasteiger partial charge in [-0.25, -0.2) is 13.6 Å². The minimum atomic E-state index is -1.41. The Morgan fingerprint density at radius 2 is 1.95 bits per heavy atom. The van der Waals surface area contributed by atoms with Gasteiger partial charge in [0.15, 0.2) is 11.6 Å². The molecule has 0 amide bonds. The summed E-state index contributed by atoms with van der Waals surface area (Å²) in [4.78, 5) is 11.1. The van der Waals surface area contributed by atoms with E-state index in [9.17, 15) is 13.6 Å². The molecule has 6 nitrogen and oxygen atoms in total. The smallest absolute Gasteiger partial charge is 0.340 e. The number of nitrogens with zero attached hydrogens (tertiary/aromatic N) is 3. The van der Waals surface area contributed by atoms with Crippen molar-refractivity contribution in [3.63, 3.8) is 0 Å². The molecule has 0 aromatic heterocycles. The van der Waals surface area contributed by atoms with E-state index in [-0.39, 0.29) is 0 Å². The maximum absolute atomic E-state index is 13.5. The van der Waals surface area contributed by atoms with Crippen LogP contribution in [0.3, 0.4) is 0 Å². The fourth-order valence-corrected chi connectivity index (χ4v) is 1.09. The molecule has 96 valence electrons. The fraction of sp³-hybridized carbons (Fsp3) is 0.0909. The van der Waals surface area contributed by atoms with Crippen LogP contribution in [0.4, 0.5) is 14.5 Å². The maximum atomic E-state index is 13.5. The number of rotatable bonds is 3. The van der Waals surface area contributed by atoms with Crippen molar-refractivity contribution < 1.29 is 18.3 Å². The molecule has 1 N–H and O–H groups in total. The minimum Gasteiger partial charge on any atom is -0.465 e. The molecule has 0 aliphatic rings. The lowest BCUT2D eigenvalue weighted by Gasteiger charge is -2.06. The molecule has 0 radical (unpaired) electrons. The SMILES string of the molecule is COC(=O)c1ccc(NN=C(C#N)C#N)c(F)c1F. The molecule has 0 fully saturated rings. The first-order chi connectivity index (χ1) is 9.04. The normalized spacial score (nSPS) is 8.89. The Hall–Kier alpha value is -3.00. The Balaban J connectivity index is 3.12. The van der Waals surface area contributed by atoms with Crippen molar-refractivity contribution in [3.8, 4) is 12.1 Å². The molecule has 1 aromatic rings. The van der Waals surface area contributed by atoms with Gasteiger partial charge in [-0.15, -0.1) is 0 Å². The first-order valence-electron chi connectivity index (χ1n) is 4.75. The van der Waals surface area contributed by atoms with Crippen molar-refractivity contribution in [2.24, 2.45) is 5.10 Å². The van der Waals surface area contributed by atoms with Crippen LogP contribution in [-0.2, 0) is 4.74 Å². The largest absolute Gasteiger partial charge is 0.465 e. The van der Waals surface area contributed by atoms with E-state index >= 15 is 0 Å². The molecule has 1 aromatic carbocycles. The minimum absolute atomic E-state index is 0.423. The van der Waals surface area contributed by atoms with E-state index in [2.05, 4.69) is 9.84 Å². The standard InChI is InChI=1S/C11H6F2N4O2/c1-19-11(18)7-2-3-8(10(13)9(7)12)17-16-6(4-14)5-15/h2-3,17H,1H3. The van der Waals surface area contributed by atoms with Crippen molar-refractivity contribution in [2.45, 2.75) is 0 Å². The monoisotopic (exact) mass is 264 g/mol. The Bertz CT molecular complexity index is 613. The van der Waals surface area contributed by atoms with E-state index in [0.29, 0.717) is 0 Å². The summed E-state index contributed by atoms with van der Waals surface area (Å²) in [5, 5.41) is 20.1. The molecule has 0 heterocycles. The van der Waals surface area contributed by atoms with Gasteiger partial charge in [-0.05, 0) is 12.1 Å². The zero-order valence-corrected chi connectivity index (χ0v) is 9.57. The van der Waals surface area contributed by atoms with Crippen LogP contribution in [0.2, 0.25) is 0 Å². The van der Waals surface area contributed by atoms with Gasteiger partial charge in [0.05, 0.1) is 18.4 Å². The van der Waals surface area contributed by atoms with Gasteiger partial charge < -0.3 is 4.74 Å².